The van der Waals surface area contributed by atoms with Crippen LogP contribution < -0.4 is 5.32 Å². The molecule has 2 rings (SSSR count). The van der Waals surface area contributed by atoms with Gasteiger partial charge in [0.25, 0.3) is 0 Å². The predicted molar refractivity (Wildman–Crippen MR) is 80.0 cm³/mol. The van der Waals surface area contributed by atoms with Gasteiger partial charge in [0, 0.05) is 39.1 Å². The first kappa shape index (κ1) is 15.8. The molecule has 0 bridgehead atoms. The Morgan fingerprint density at radius 3 is 3.05 bits per heavy atom. The highest BCUT2D eigenvalue weighted by molar-refractivity contribution is 5.80. The first-order valence-electron chi connectivity index (χ1n) is 7.63. The summed E-state index contributed by atoms with van der Waals surface area (Å²) in [7, 11) is 0. The van der Waals surface area contributed by atoms with Crippen LogP contribution in [0.3, 0.4) is 0 Å². The monoisotopic (exact) mass is 295 g/mol. The van der Waals surface area contributed by atoms with Crippen molar-refractivity contribution >= 4 is 5.96 Å². The third-order valence-corrected chi connectivity index (χ3v) is 3.42. The third-order valence-electron chi connectivity index (χ3n) is 3.42. The summed E-state index contributed by atoms with van der Waals surface area (Å²) in [5, 5.41) is 7.20. The molecule has 1 atom stereocenters. The van der Waals surface area contributed by atoms with Crippen LogP contribution in [0.4, 0.5) is 0 Å². The summed E-state index contributed by atoms with van der Waals surface area (Å²) in [5.74, 6) is 2.69. The summed E-state index contributed by atoms with van der Waals surface area (Å²) in [6.45, 7) is 10.8. The number of hydrogen-bond donors (Lipinski definition) is 1. The molecule has 1 aromatic rings. The summed E-state index contributed by atoms with van der Waals surface area (Å²) >= 11 is 0. The third kappa shape index (κ3) is 4.70. The van der Waals surface area contributed by atoms with Gasteiger partial charge in [-0.3, -0.25) is 0 Å². The Labute approximate surface area is 125 Å². The number of aryl methyl sites for hydroxylation is 1. The van der Waals surface area contributed by atoms with Gasteiger partial charge >= 0.3 is 0 Å². The van der Waals surface area contributed by atoms with E-state index in [0.717, 1.165) is 45.2 Å². The number of rotatable bonds is 6. The van der Waals surface area contributed by atoms with Crippen molar-refractivity contribution in [2.75, 3.05) is 32.8 Å². The Morgan fingerprint density at radius 1 is 1.52 bits per heavy atom. The van der Waals surface area contributed by atoms with Gasteiger partial charge in [-0.1, -0.05) is 5.16 Å². The van der Waals surface area contributed by atoms with Gasteiger partial charge in [-0.25, -0.2) is 4.99 Å². The Morgan fingerprint density at radius 2 is 2.38 bits per heavy atom. The topological polar surface area (TPSA) is 75.8 Å². The Bertz CT molecular complexity index is 460. The predicted octanol–water partition coefficient (Wildman–Crippen LogP) is 1.20. The van der Waals surface area contributed by atoms with Crippen molar-refractivity contribution in [2.45, 2.75) is 33.7 Å². The van der Waals surface area contributed by atoms with Crippen molar-refractivity contribution in [1.82, 2.24) is 20.4 Å². The molecule has 0 aromatic carbocycles. The molecule has 0 spiro atoms. The van der Waals surface area contributed by atoms with Gasteiger partial charge in [0.1, 0.15) is 6.54 Å². The van der Waals surface area contributed by atoms with Crippen LogP contribution in [0.5, 0.6) is 0 Å². The van der Waals surface area contributed by atoms with E-state index in [-0.39, 0.29) is 0 Å². The zero-order valence-electron chi connectivity index (χ0n) is 13.1. The van der Waals surface area contributed by atoms with Gasteiger partial charge in [0.15, 0.2) is 11.8 Å². The number of ether oxygens (including phenoxy) is 1. The molecule has 1 fully saturated rings. The second kappa shape index (κ2) is 7.97. The van der Waals surface area contributed by atoms with Crippen molar-refractivity contribution in [3.8, 4) is 0 Å². The number of nitrogens with zero attached hydrogens (tertiary/aromatic N) is 4. The zero-order chi connectivity index (χ0) is 15.1. The molecule has 0 saturated carbocycles. The highest BCUT2D eigenvalue weighted by Crippen LogP contribution is 2.16. The average molecular weight is 295 g/mol. The van der Waals surface area contributed by atoms with E-state index in [1.165, 1.54) is 0 Å². The van der Waals surface area contributed by atoms with Crippen LogP contribution in [-0.4, -0.2) is 53.8 Å². The molecule has 1 saturated heterocycles. The summed E-state index contributed by atoms with van der Waals surface area (Å²) in [6.07, 6.45) is 1.14. The molecule has 0 radical (unpaired) electrons. The number of hydrogen-bond acceptors (Lipinski definition) is 5. The minimum absolute atomic E-state index is 0.437. The van der Waals surface area contributed by atoms with Crippen LogP contribution in [0.15, 0.2) is 9.52 Å². The van der Waals surface area contributed by atoms with Crippen LogP contribution in [0.25, 0.3) is 0 Å². The molecular formula is C14H25N5O2. The minimum atomic E-state index is 0.437. The lowest BCUT2D eigenvalue weighted by Gasteiger charge is -2.21. The second-order valence-corrected chi connectivity index (χ2v) is 5.16. The number of likely N-dealkylation sites (tertiary alicyclic amines) is 1. The Hall–Kier alpha value is -1.63. The van der Waals surface area contributed by atoms with Gasteiger partial charge in [-0.15, -0.1) is 0 Å². The summed E-state index contributed by atoms with van der Waals surface area (Å²) in [4.78, 5) is 11.1. The molecule has 0 amide bonds. The van der Waals surface area contributed by atoms with Gasteiger partial charge in [-0.05, 0) is 20.3 Å². The fourth-order valence-electron chi connectivity index (χ4n) is 2.42. The van der Waals surface area contributed by atoms with E-state index in [4.69, 9.17) is 9.26 Å². The summed E-state index contributed by atoms with van der Waals surface area (Å²) in [6, 6.07) is 0. The number of nitrogens with one attached hydrogen (secondary N) is 1. The quantitative estimate of drug-likeness (QED) is 0.628. The van der Waals surface area contributed by atoms with E-state index in [9.17, 15) is 0 Å². The standard InChI is InChI=1S/C14H25N5O2/c1-4-15-14(16-8-13-17-11(3)21-18-13)19-7-6-12(9-19)10-20-5-2/h12H,4-10H2,1-3H3,(H,15,16). The lowest BCUT2D eigenvalue weighted by molar-refractivity contribution is 0.114. The molecule has 1 aliphatic heterocycles. The van der Waals surface area contributed by atoms with Gasteiger partial charge < -0.3 is 19.5 Å². The molecule has 21 heavy (non-hydrogen) atoms. The highest BCUT2D eigenvalue weighted by Gasteiger charge is 2.24. The first-order valence-corrected chi connectivity index (χ1v) is 7.63. The molecule has 7 nitrogen and oxygen atoms in total. The fraction of sp³-hybridized carbons (Fsp3) is 0.786. The van der Waals surface area contributed by atoms with Crippen LogP contribution in [-0.2, 0) is 11.3 Å². The van der Waals surface area contributed by atoms with Crippen LogP contribution in [0.1, 0.15) is 32.0 Å². The lowest BCUT2D eigenvalue weighted by Crippen LogP contribution is -2.40. The smallest absolute Gasteiger partial charge is 0.223 e. The molecule has 1 unspecified atom stereocenters. The molecule has 1 N–H and O–H groups in total. The molecular weight excluding hydrogens is 270 g/mol. The lowest BCUT2D eigenvalue weighted by atomic mass is 10.1. The van der Waals surface area contributed by atoms with E-state index < -0.39 is 0 Å². The van der Waals surface area contributed by atoms with E-state index in [2.05, 4.69) is 32.3 Å². The van der Waals surface area contributed by atoms with E-state index in [1.807, 2.05) is 6.92 Å². The molecule has 7 heteroatoms. The van der Waals surface area contributed by atoms with Crippen molar-refractivity contribution in [3.05, 3.63) is 11.7 Å². The molecule has 0 aliphatic carbocycles. The Kier molecular flexibility index (Phi) is 5.98. The second-order valence-electron chi connectivity index (χ2n) is 5.16. The maximum atomic E-state index is 5.52. The maximum absolute atomic E-state index is 5.52. The first-order chi connectivity index (χ1) is 10.2. The number of guanidine groups is 1. The largest absolute Gasteiger partial charge is 0.381 e. The zero-order valence-corrected chi connectivity index (χ0v) is 13.1. The van der Waals surface area contributed by atoms with Crippen LogP contribution in [0.2, 0.25) is 0 Å². The molecule has 118 valence electrons. The van der Waals surface area contributed by atoms with E-state index in [0.29, 0.717) is 24.2 Å². The van der Waals surface area contributed by atoms with Crippen molar-refractivity contribution in [1.29, 1.82) is 0 Å². The average Bonchev–Trinajstić information content (AvgIpc) is 3.10. The fourth-order valence-corrected chi connectivity index (χ4v) is 2.42. The van der Waals surface area contributed by atoms with Crippen LogP contribution >= 0.6 is 0 Å². The molecule has 1 aliphatic rings. The van der Waals surface area contributed by atoms with Crippen molar-refractivity contribution in [3.63, 3.8) is 0 Å². The molecule has 2 heterocycles. The van der Waals surface area contributed by atoms with E-state index >= 15 is 0 Å². The summed E-state index contributed by atoms with van der Waals surface area (Å²) in [5.41, 5.74) is 0. The van der Waals surface area contributed by atoms with E-state index in [1.54, 1.807) is 6.92 Å². The molecule has 1 aromatic heterocycles. The van der Waals surface area contributed by atoms with Crippen molar-refractivity contribution in [2.24, 2.45) is 10.9 Å². The number of aromatic nitrogens is 2. The Balaban J connectivity index is 1.92. The van der Waals surface area contributed by atoms with Gasteiger partial charge in [0.05, 0.1) is 6.61 Å². The highest BCUT2D eigenvalue weighted by atomic mass is 16.5. The summed E-state index contributed by atoms with van der Waals surface area (Å²) < 4.78 is 10.5. The minimum Gasteiger partial charge on any atom is -0.381 e. The number of aliphatic imine (C=N–C) groups is 1. The normalized spacial score (nSPS) is 19.3. The SMILES string of the molecule is CCNC(=NCc1noc(C)n1)N1CCC(COCC)C1. The van der Waals surface area contributed by atoms with Gasteiger partial charge in [0.2, 0.25) is 5.89 Å². The maximum Gasteiger partial charge on any atom is 0.223 e. The van der Waals surface area contributed by atoms with Crippen LogP contribution in [0, 0.1) is 12.8 Å². The van der Waals surface area contributed by atoms with Crippen molar-refractivity contribution < 1.29 is 9.26 Å². The van der Waals surface area contributed by atoms with Gasteiger partial charge in [-0.2, -0.15) is 4.98 Å².